The number of aliphatic hydroxyl groups excluding tert-OH is 1. The summed E-state index contributed by atoms with van der Waals surface area (Å²) >= 11 is 12.7. The molecule has 114 valence electrons. The van der Waals surface area contributed by atoms with Crippen molar-refractivity contribution in [3.63, 3.8) is 0 Å². The molecule has 2 unspecified atom stereocenters. The lowest BCUT2D eigenvalue weighted by molar-refractivity contribution is 0.136. The normalized spacial score (nSPS) is 23.9. The number of thiophene rings is 1. The molecule has 1 fully saturated rings. The third kappa shape index (κ3) is 3.87. The average Bonchev–Trinajstić information content (AvgIpc) is 2.76. The van der Waals surface area contributed by atoms with Gasteiger partial charge in [-0.05, 0) is 30.7 Å². The molecule has 1 saturated carbocycles. The lowest BCUT2D eigenvalue weighted by Gasteiger charge is -2.30. The molecule has 1 aromatic rings. The zero-order chi connectivity index (χ0) is 14.8. The molecule has 2 rings (SSSR count). The molecule has 0 spiro atoms. The quantitative estimate of drug-likeness (QED) is 0.850. The fourth-order valence-corrected chi connectivity index (χ4v) is 5.84. The van der Waals surface area contributed by atoms with Crippen molar-refractivity contribution in [2.45, 2.75) is 30.6 Å². The van der Waals surface area contributed by atoms with Crippen LogP contribution in [-0.4, -0.2) is 26.7 Å². The summed E-state index contributed by atoms with van der Waals surface area (Å²) in [7, 11) is -3.64. The van der Waals surface area contributed by atoms with E-state index in [1.807, 2.05) is 0 Å². The zero-order valence-corrected chi connectivity index (χ0v) is 14.0. The third-order valence-electron chi connectivity index (χ3n) is 3.75. The number of halogens is 2. The number of sulfonamides is 1. The summed E-state index contributed by atoms with van der Waals surface area (Å²) in [5.41, 5.74) is 0. The van der Waals surface area contributed by atoms with Crippen LogP contribution >= 0.6 is 34.5 Å². The fraction of sp³-hybridized carbons (Fsp3) is 0.667. The van der Waals surface area contributed by atoms with Crippen LogP contribution in [0.4, 0.5) is 0 Å². The predicted molar refractivity (Wildman–Crippen MR) is 82.1 cm³/mol. The highest BCUT2D eigenvalue weighted by atomic mass is 35.5. The van der Waals surface area contributed by atoms with E-state index in [9.17, 15) is 13.5 Å². The molecule has 0 radical (unpaired) electrons. The van der Waals surface area contributed by atoms with Crippen molar-refractivity contribution in [3.8, 4) is 0 Å². The Bertz CT molecular complexity index is 559. The Labute approximate surface area is 133 Å². The molecular weight excluding hydrogens is 341 g/mol. The maximum absolute atomic E-state index is 12.2. The van der Waals surface area contributed by atoms with Gasteiger partial charge in [-0.25, -0.2) is 13.1 Å². The van der Waals surface area contributed by atoms with Crippen molar-refractivity contribution in [2.75, 3.05) is 13.2 Å². The molecule has 0 bridgehead atoms. The maximum atomic E-state index is 12.2. The van der Waals surface area contributed by atoms with Gasteiger partial charge in [-0.3, -0.25) is 0 Å². The van der Waals surface area contributed by atoms with E-state index in [2.05, 4.69) is 4.72 Å². The van der Waals surface area contributed by atoms with Gasteiger partial charge in [-0.2, -0.15) is 0 Å². The minimum atomic E-state index is -3.64. The first kappa shape index (κ1) is 16.5. The summed E-state index contributed by atoms with van der Waals surface area (Å²) in [6.07, 6.45) is 4.06. The molecule has 8 heteroatoms. The van der Waals surface area contributed by atoms with Gasteiger partial charge in [0, 0.05) is 13.2 Å². The van der Waals surface area contributed by atoms with Crippen LogP contribution in [0.3, 0.4) is 0 Å². The van der Waals surface area contributed by atoms with E-state index in [4.69, 9.17) is 23.2 Å². The Morgan fingerprint density at radius 1 is 1.30 bits per heavy atom. The Balaban J connectivity index is 2.03. The van der Waals surface area contributed by atoms with E-state index < -0.39 is 10.0 Å². The highest BCUT2D eigenvalue weighted by Crippen LogP contribution is 2.34. The molecular formula is C12H17Cl2NO3S2. The van der Waals surface area contributed by atoms with Crippen LogP contribution in [0.2, 0.25) is 8.67 Å². The number of hydrogen-bond acceptors (Lipinski definition) is 4. The van der Waals surface area contributed by atoms with E-state index in [-0.39, 0.29) is 27.7 Å². The standard InChI is InChI=1S/C12H17Cl2NO3S2/c13-11-5-10(12(14)19-11)20(17,18)15-6-8-3-1-2-4-9(8)7-16/h5,8-9,15-16H,1-4,6-7H2. The van der Waals surface area contributed by atoms with E-state index >= 15 is 0 Å². The first-order chi connectivity index (χ1) is 9.44. The molecule has 1 aliphatic carbocycles. The van der Waals surface area contributed by atoms with Crippen LogP contribution in [0.15, 0.2) is 11.0 Å². The summed E-state index contributed by atoms with van der Waals surface area (Å²) < 4.78 is 27.5. The largest absolute Gasteiger partial charge is 0.396 e. The van der Waals surface area contributed by atoms with Crippen LogP contribution in [0.5, 0.6) is 0 Å². The second-order valence-corrected chi connectivity index (χ2v) is 9.05. The van der Waals surface area contributed by atoms with Crippen molar-refractivity contribution in [1.82, 2.24) is 4.72 Å². The Morgan fingerprint density at radius 2 is 1.95 bits per heavy atom. The van der Waals surface area contributed by atoms with Gasteiger partial charge >= 0.3 is 0 Å². The van der Waals surface area contributed by atoms with Gasteiger partial charge in [0.15, 0.2) is 0 Å². The predicted octanol–water partition coefficient (Wildman–Crippen LogP) is 3.13. The van der Waals surface area contributed by atoms with Gasteiger partial charge in [-0.1, -0.05) is 36.0 Å². The minimum Gasteiger partial charge on any atom is -0.396 e. The third-order valence-corrected chi connectivity index (χ3v) is 6.93. The SMILES string of the molecule is O=S(=O)(NCC1CCCCC1CO)c1cc(Cl)sc1Cl. The van der Waals surface area contributed by atoms with Gasteiger partial charge < -0.3 is 5.11 Å². The summed E-state index contributed by atoms with van der Waals surface area (Å²) in [6, 6.07) is 1.36. The van der Waals surface area contributed by atoms with Crippen LogP contribution < -0.4 is 4.72 Å². The summed E-state index contributed by atoms with van der Waals surface area (Å²) in [4.78, 5) is 0.0329. The molecule has 20 heavy (non-hydrogen) atoms. The zero-order valence-electron chi connectivity index (χ0n) is 10.8. The highest BCUT2D eigenvalue weighted by molar-refractivity contribution is 7.89. The number of hydrogen-bond donors (Lipinski definition) is 2. The fourth-order valence-electron chi connectivity index (χ4n) is 2.60. The van der Waals surface area contributed by atoms with Gasteiger partial charge in [-0.15, -0.1) is 11.3 Å². The van der Waals surface area contributed by atoms with E-state index in [0.717, 1.165) is 37.0 Å². The van der Waals surface area contributed by atoms with Gasteiger partial charge in [0.1, 0.15) is 9.23 Å². The summed E-state index contributed by atoms with van der Waals surface area (Å²) in [5.74, 6) is 0.351. The summed E-state index contributed by atoms with van der Waals surface area (Å²) in [5, 5.41) is 9.34. The Hall–Kier alpha value is 0.150. The minimum absolute atomic E-state index is 0.0329. The molecule has 0 aromatic carbocycles. The van der Waals surface area contributed by atoms with Crippen LogP contribution in [-0.2, 0) is 10.0 Å². The molecule has 0 saturated heterocycles. The van der Waals surface area contributed by atoms with Crippen molar-refractivity contribution in [1.29, 1.82) is 0 Å². The topological polar surface area (TPSA) is 66.4 Å². The van der Waals surface area contributed by atoms with Gasteiger partial charge in [0.2, 0.25) is 10.0 Å². The van der Waals surface area contributed by atoms with Gasteiger partial charge in [0.05, 0.1) is 4.34 Å². The molecule has 2 atom stereocenters. The summed E-state index contributed by atoms with van der Waals surface area (Å²) in [6.45, 7) is 0.439. The lowest BCUT2D eigenvalue weighted by Crippen LogP contribution is -2.35. The second-order valence-electron chi connectivity index (χ2n) is 5.03. The monoisotopic (exact) mass is 357 g/mol. The number of rotatable bonds is 5. The molecule has 1 aliphatic rings. The average molecular weight is 358 g/mol. The van der Waals surface area contributed by atoms with E-state index in [1.165, 1.54) is 6.07 Å². The molecule has 4 nitrogen and oxygen atoms in total. The van der Waals surface area contributed by atoms with E-state index in [0.29, 0.717) is 10.9 Å². The molecule has 2 N–H and O–H groups in total. The maximum Gasteiger partial charge on any atom is 0.242 e. The Morgan fingerprint density at radius 3 is 2.50 bits per heavy atom. The van der Waals surface area contributed by atoms with Crippen LogP contribution in [0.1, 0.15) is 25.7 Å². The van der Waals surface area contributed by atoms with Crippen molar-refractivity contribution < 1.29 is 13.5 Å². The second kappa shape index (κ2) is 6.94. The van der Waals surface area contributed by atoms with Crippen molar-refractivity contribution in [3.05, 3.63) is 14.7 Å². The number of nitrogens with one attached hydrogen (secondary N) is 1. The van der Waals surface area contributed by atoms with Crippen molar-refractivity contribution in [2.24, 2.45) is 11.8 Å². The van der Waals surface area contributed by atoms with Crippen molar-refractivity contribution >= 4 is 44.6 Å². The first-order valence-corrected chi connectivity index (χ1v) is 9.55. The highest BCUT2D eigenvalue weighted by Gasteiger charge is 2.27. The molecule has 1 aromatic heterocycles. The molecule has 1 heterocycles. The molecule has 0 aliphatic heterocycles. The smallest absolute Gasteiger partial charge is 0.242 e. The van der Waals surface area contributed by atoms with Crippen LogP contribution in [0.25, 0.3) is 0 Å². The first-order valence-electron chi connectivity index (χ1n) is 6.49. The Kier molecular flexibility index (Phi) is 5.73. The molecule has 0 amide bonds. The van der Waals surface area contributed by atoms with Gasteiger partial charge in [0.25, 0.3) is 0 Å². The number of aliphatic hydroxyl groups is 1. The lowest BCUT2D eigenvalue weighted by atomic mass is 9.80. The van der Waals surface area contributed by atoms with Crippen LogP contribution in [0, 0.1) is 11.8 Å². The van der Waals surface area contributed by atoms with E-state index in [1.54, 1.807) is 0 Å².